The Morgan fingerprint density at radius 2 is 2.05 bits per heavy atom. The zero-order chi connectivity index (χ0) is 14.3. The molecule has 0 radical (unpaired) electrons. The lowest BCUT2D eigenvalue weighted by molar-refractivity contribution is -0.0846. The third-order valence-corrected chi connectivity index (χ3v) is 4.35. The summed E-state index contributed by atoms with van der Waals surface area (Å²) in [5, 5.41) is 1.37. The van der Waals surface area contributed by atoms with Gasteiger partial charge in [-0.05, 0) is 33.8 Å². The number of hydrogen-bond donors (Lipinski definition) is 0. The van der Waals surface area contributed by atoms with Gasteiger partial charge in [-0.3, -0.25) is 0 Å². The molecule has 2 nitrogen and oxygen atoms in total. The Morgan fingerprint density at radius 1 is 1.37 bits per heavy atom. The van der Waals surface area contributed by atoms with E-state index in [2.05, 4.69) is 43.6 Å². The molecule has 1 heterocycles. The second-order valence-electron chi connectivity index (χ2n) is 6.14. The Hall–Kier alpha value is -0.250. The lowest BCUT2D eigenvalue weighted by atomic mass is 9.97. The summed E-state index contributed by atoms with van der Waals surface area (Å²) in [6.07, 6.45) is 0.854. The summed E-state index contributed by atoms with van der Waals surface area (Å²) in [5.41, 5.74) is 0.587. The maximum atomic E-state index is 6.26. The van der Waals surface area contributed by atoms with E-state index < -0.39 is 0 Å². The van der Waals surface area contributed by atoms with Crippen LogP contribution in [0.15, 0.2) is 18.2 Å². The molecule has 0 aromatic heterocycles. The molecule has 4 heteroatoms. The highest BCUT2D eigenvalue weighted by molar-refractivity contribution is 9.08. The standard InChI is InChI=1S/C15H20BrClO2/c1-14(2)8-12(15(3,4)19-14)18-13-10(9-16)6-5-7-11(13)17/h5-7,12H,8-9H2,1-4H3. The van der Waals surface area contributed by atoms with E-state index in [1.807, 2.05) is 18.2 Å². The zero-order valence-corrected chi connectivity index (χ0v) is 14.1. The van der Waals surface area contributed by atoms with Crippen LogP contribution in [0, 0.1) is 0 Å². The van der Waals surface area contributed by atoms with E-state index in [0.29, 0.717) is 5.02 Å². The van der Waals surface area contributed by atoms with Crippen molar-refractivity contribution in [3.63, 3.8) is 0 Å². The minimum Gasteiger partial charge on any atom is -0.485 e. The fraction of sp³-hybridized carbons (Fsp3) is 0.600. The van der Waals surface area contributed by atoms with E-state index in [1.54, 1.807) is 0 Å². The van der Waals surface area contributed by atoms with Crippen molar-refractivity contribution in [3.8, 4) is 5.75 Å². The Balaban J connectivity index is 2.27. The Morgan fingerprint density at radius 3 is 2.58 bits per heavy atom. The first kappa shape index (κ1) is 15.1. The van der Waals surface area contributed by atoms with Crippen molar-refractivity contribution in [1.82, 2.24) is 0 Å². The highest BCUT2D eigenvalue weighted by atomic mass is 79.9. The number of ether oxygens (including phenoxy) is 2. The molecule has 1 fully saturated rings. The van der Waals surface area contributed by atoms with Gasteiger partial charge in [-0.15, -0.1) is 0 Å². The Kier molecular flexibility index (Phi) is 4.20. The molecule has 1 unspecified atom stereocenters. The van der Waals surface area contributed by atoms with Gasteiger partial charge in [0.25, 0.3) is 0 Å². The molecule has 0 bridgehead atoms. The first-order valence-corrected chi connectivity index (χ1v) is 7.95. The van der Waals surface area contributed by atoms with E-state index in [0.717, 1.165) is 23.1 Å². The Bertz CT molecular complexity index is 471. The number of para-hydroxylation sites is 1. The predicted octanol–water partition coefficient (Wildman–Crippen LogP) is 4.96. The second kappa shape index (κ2) is 5.27. The molecule has 106 valence electrons. The highest BCUT2D eigenvalue weighted by Crippen LogP contribution is 2.41. The number of alkyl halides is 1. The monoisotopic (exact) mass is 346 g/mol. The molecule has 1 atom stereocenters. The molecule has 0 aliphatic carbocycles. The van der Waals surface area contributed by atoms with Crippen molar-refractivity contribution < 1.29 is 9.47 Å². The quantitative estimate of drug-likeness (QED) is 0.719. The number of rotatable bonds is 3. The molecule has 0 saturated carbocycles. The summed E-state index contributed by atoms with van der Waals surface area (Å²) in [4.78, 5) is 0. The molecule has 0 N–H and O–H groups in total. The van der Waals surface area contributed by atoms with Crippen LogP contribution in [0.3, 0.4) is 0 Å². The normalized spacial score (nSPS) is 24.4. The molecular weight excluding hydrogens is 328 g/mol. The van der Waals surface area contributed by atoms with Crippen LogP contribution < -0.4 is 4.74 Å². The molecule has 19 heavy (non-hydrogen) atoms. The van der Waals surface area contributed by atoms with Crippen LogP contribution in [-0.2, 0) is 10.1 Å². The first-order chi connectivity index (χ1) is 8.75. The summed E-state index contributed by atoms with van der Waals surface area (Å²) in [7, 11) is 0. The highest BCUT2D eigenvalue weighted by Gasteiger charge is 2.47. The van der Waals surface area contributed by atoms with Gasteiger partial charge in [-0.2, -0.15) is 0 Å². The summed E-state index contributed by atoms with van der Waals surface area (Å²) in [6, 6.07) is 5.81. The zero-order valence-electron chi connectivity index (χ0n) is 11.8. The summed E-state index contributed by atoms with van der Waals surface area (Å²) in [5.74, 6) is 0.764. The minimum atomic E-state index is -0.313. The van der Waals surface area contributed by atoms with Gasteiger partial charge in [0, 0.05) is 17.3 Å². The average Bonchev–Trinajstić information content (AvgIpc) is 2.49. The lowest BCUT2D eigenvalue weighted by Gasteiger charge is -2.28. The van der Waals surface area contributed by atoms with Crippen molar-refractivity contribution >= 4 is 27.5 Å². The number of hydrogen-bond acceptors (Lipinski definition) is 2. The topological polar surface area (TPSA) is 18.5 Å². The molecule has 0 spiro atoms. The van der Waals surface area contributed by atoms with Gasteiger partial charge >= 0.3 is 0 Å². The van der Waals surface area contributed by atoms with Crippen LogP contribution in [0.2, 0.25) is 5.02 Å². The largest absolute Gasteiger partial charge is 0.485 e. The van der Waals surface area contributed by atoms with E-state index in [9.17, 15) is 0 Å². The van der Waals surface area contributed by atoms with Gasteiger partial charge in [-0.25, -0.2) is 0 Å². The first-order valence-electron chi connectivity index (χ1n) is 6.45. The lowest BCUT2D eigenvalue weighted by Crippen LogP contribution is -2.37. The van der Waals surface area contributed by atoms with E-state index >= 15 is 0 Å². The predicted molar refractivity (Wildman–Crippen MR) is 82.4 cm³/mol. The molecule has 0 amide bonds. The van der Waals surface area contributed by atoms with E-state index in [1.165, 1.54) is 0 Å². The minimum absolute atomic E-state index is 0.000185. The third kappa shape index (κ3) is 3.26. The SMILES string of the molecule is CC1(C)CC(Oc2c(Cl)cccc2CBr)C(C)(C)O1. The van der Waals surface area contributed by atoms with Crippen LogP contribution in [0.5, 0.6) is 5.75 Å². The number of halogens is 2. The molecule has 1 aliphatic rings. The van der Waals surface area contributed by atoms with Gasteiger partial charge in [0.05, 0.1) is 10.6 Å². The second-order valence-corrected chi connectivity index (χ2v) is 7.11. The van der Waals surface area contributed by atoms with Gasteiger partial charge in [0.2, 0.25) is 0 Å². The van der Waals surface area contributed by atoms with Crippen molar-refractivity contribution in [2.75, 3.05) is 0 Å². The maximum Gasteiger partial charge on any atom is 0.142 e. The van der Waals surface area contributed by atoms with E-state index in [-0.39, 0.29) is 17.3 Å². The van der Waals surface area contributed by atoms with Crippen molar-refractivity contribution in [1.29, 1.82) is 0 Å². The summed E-state index contributed by atoms with van der Waals surface area (Å²) in [6.45, 7) is 8.32. The van der Waals surface area contributed by atoms with E-state index in [4.69, 9.17) is 21.1 Å². The molecular formula is C15H20BrClO2. The summed E-state index contributed by atoms with van der Waals surface area (Å²) < 4.78 is 12.2. The van der Waals surface area contributed by atoms with Gasteiger partial charge < -0.3 is 9.47 Å². The van der Waals surface area contributed by atoms with Crippen LogP contribution in [0.4, 0.5) is 0 Å². The van der Waals surface area contributed by atoms with Crippen molar-refractivity contribution in [3.05, 3.63) is 28.8 Å². The fourth-order valence-electron chi connectivity index (χ4n) is 2.63. The van der Waals surface area contributed by atoms with Gasteiger partial charge in [-0.1, -0.05) is 39.7 Å². The van der Waals surface area contributed by atoms with Crippen LogP contribution in [0.1, 0.15) is 39.7 Å². The van der Waals surface area contributed by atoms with Crippen molar-refractivity contribution in [2.24, 2.45) is 0 Å². The average molecular weight is 348 g/mol. The Labute approximate surface area is 128 Å². The van der Waals surface area contributed by atoms with Crippen LogP contribution in [0.25, 0.3) is 0 Å². The molecule has 1 saturated heterocycles. The fourth-order valence-corrected chi connectivity index (χ4v) is 3.31. The summed E-state index contributed by atoms with van der Waals surface area (Å²) >= 11 is 9.74. The third-order valence-electron chi connectivity index (χ3n) is 3.44. The molecule has 2 rings (SSSR count). The van der Waals surface area contributed by atoms with Crippen molar-refractivity contribution in [2.45, 2.75) is 56.8 Å². The van der Waals surface area contributed by atoms with Gasteiger partial charge in [0.15, 0.2) is 0 Å². The van der Waals surface area contributed by atoms with Crippen LogP contribution >= 0.6 is 27.5 Å². The molecule has 1 aromatic carbocycles. The molecule has 1 aromatic rings. The molecule has 1 aliphatic heterocycles. The van der Waals surface area contributed by atoms with Crippen LogP contribution in [-0.4, -0.2) is 17.3 Å². The smallest absolute Gasteiger partial charge is 0.142 e. The number of benzene rings is 1. The maximum absolute atomic E-state index is 6.26. The van der Waals surface area contributed by atoms with Gasteiger partial charge in [0.1, 0.15) is 17.5 Å².